The van der Waals surface area contributed by atoms with E-state index in [0.29, 0.717) is 30.0 Å². The zero-order valence-corrected chi connectivity index (χ0v) is 31.4. The first kappa shape index (κ1) is 40.5. The number of carbonyl (C=O) groups excluding carboxylic acids is 2. The summed E-state index contributed by atoms with van der Waals surface area (Å²) in [6.45, 7) is 5.15. The van der Waals surface area contributed by atoms with Gasteiger partial charge in [-0.2, -0.15) is 0 Å². The first-order chi connectivity index (χ1) is 24.7. The van der Waals surface area contributed by atoms with Crippen molar-refractivity contribution in [3.63, 3.8) is 0 Å². The summed E-state index contributed by atoms with van der Waals surface area (Å²) in [5.74, 6) is -3.13. The van der Waals surface area contributed by atoms with Crippen LogP contribution in [0.1, 0.15) is 70.9 Å². The molecular formula is C37H48N4O9S2. The smallest absolute Gasteiger partial charge is 0.328 e. The molecule has 0 saturated carbocycles. The van der Waals surface area contributed by atoms with Crippen LogP contribution in [0.5, 0.6) is 11.5 Å². The van der Waals surface area contributed by atoms with E-state index in [1.54, 1.807) is 6.07 Å². The van der Waals surface area contributed by atoms with Gasteiger partial charge in [-0.1, -0.05) is 69.9 Å². The van der Waals surface area contributed by atoms with Gasteiger partial charge in [0.2, 0.25) is 15.9 Å². The number of para-hydroxylation sites is 1. The van der Waals surface area contributed by atoms with Crippen molar-refractivity contribution in [1.82, 2.24) is 15.4 Å². The number of rotatable bonds is 17. The summed E-state index contributed by atoms with van der Waals surface area (Å²) in [6.07, 6.45) is 5.16. The van der Waals surface area contributed by atoms with Crippen molar-refractivity contribution in [1.29, 1.82) is 0 Å². The third-order valence-corrected chi connectivity index (χ3v) is 11.3. The lowest BCUT2D eigenvalue weighted by atomic mass is 9.87. The molecule has 0 saturated heterocycles. The molecule has 6 N–H and O–H groups in total. The molecule has 0 aliphatic carbocycles. The largest absolute Gasteiger partial charge is 0.508 e. The first-order valence-corrected chi connectivity index (χ1v) is 20.0. The number of carboxylic acids is 1. The fraction of sp³-hybridized carbons (Fsp3) is 0.432. The lowest BCUT2D eigenvalue weighted by molar-refractivity contribution is -0.145. The monoisotopic (exact) mass is 756 g/mol. The minimum atomic E-state index is -4.09. The molecule has 0 bridgehead atoms. The Morgan fingerprint density at radius 1 is 1.00 bits per heavy atom. The number of fused-ring (bicyclic) bond motifs is 1. The maximum Gasteiger partial charge on any atom is 0.328 e. The van der Waals surface area contributed by atoms with E-state index in [-0.39, 0.29) is 22.0 Å². The number of sulfonamides is 1. The zero-order valence-electron chi connectivity index (χ0n) is 29.8. The van der Waals surface area contributed by atoms with Crippen LogP contribution >= 0.6 is 11.8 Å². The lowest BCUT2D eigenvalue weighted by Gasteiger charge is -2.37. The van der Waals surface area contributed by atoms with Gasteiger partial charge in [-0.15, -0.1) is 11.8 Å². The molecule has 52 heavy (non-hydrogen) atoms. The standard InChI is InChI=1S/C37H48N4O9S2/c1-5-7-18-37(19-8-6-2)23-41(26-12-10-9-11-13-26)28-20-30(51-4)29(21-31(28)52(48,49)40-37)50-22-32(44)38-34(25-14-16-27(43)17-15-25)35(45)39-33(24(3)42)36(46)47/h9-17,20-21,24,33-34,40,42-43H,5-8,18-19,22-23H2,1-4H3,(H,38,44)(H,39,45)(H,46,47)/t24-,33-,34+/m0/s1. The summed E-state index contributed by atoms with van der Waals surface area (Å²) < 4.78 is 37.6. The van der Waals surface area contributed by atoms with Gasteiger partial charge in [0.05, 0.1) is 22.2 Å². The molecule has 0 spiro atoms. The third-order valence-electron chi connectivity index (χ3n) is 8.92. The summed E-state index contributed by atoms with van der Waals surface area (Å²) in [6, 6.07) is 15.1. The number of phenolic OH excluding ortho intramolecular Hbond substituents is 1. The van der Waals surface area contributed by atoms with Gasteiger partial charge in [0.15, 0.2) is 12.6 Å². The number of aliphatic hydroxyl groups is 1. The van der Waals surface area contributed by atoms with Crippen molar-refractivity contribution in [3.8, 4) is 11.5 Å². The number of nitrogens with zero attached hydrogens (tertiary/aromatic N) is 1. The number of nitrogens with one attached hydrogen (secondary N) is 3. The molecule has 0 unspecified atom stereocenters. The molecule has 0 fully saturated rings. The second kappa shape index (κ2) is 17.9. The van der Waals surface area contributed by atoms with Gasteiger partial charge >= 0.3 is 5.97 Å². The summed E-state index contributed by atoms with van der Waals surface area (Å²) >= 11 is 1.32. The lowest BCUT2D eigenvalue weighted by Crippen LogP contribution is -2.53. The minimum Gasteiger partial charge on any atom is -0.508 e. The van der Waals surface area contributed by atoms with Gasteiger partial charge in [-0.3, -0.25) is 9.59 Å². The predicted octanol–water partition coefficient (Wildman–Crippen LogP) is 4.85. The molecule has 2 amide bonds. The van der Waals surface area contributed by atoms with Crippen molar-refractivity contribution >= 4 is 50.9 Å². The average molecular weight is 757 g/mol. The molecule has 13 nitrogen and oxygen atoms in total. The van der Waals surface area contributed by atoms with Crippen LogP contribution in [0.25, 0.3) is 0 Å². The van der Waals surface area contributed by atoms with Gasteiger partial charge in [0.25, 0.3) is 5.91 Å². The van der Waals surface area contributed by atoms with Crippen LogP contribution in [-0.4, -0.2) is 78.6 Å². The Kier molecular flexibility index (Phi) is 14.0. The van der Waals surface area contributed by atoms with E-state index in [2.05, 4.69) is 29.2 Å². The number of aromatic hydroxyl groups is 1. The molecule has 1 aliphatic heterocycles. The van der Waals surface area contributed by atoms with Gasteiger partial charge in [0, 0.05) is 18.3 Å². The predicted molar refractivity (Wildman–Crippen MR) is 200 cm³/mol. The number of hydrogen-bond donors (Lipinski definition) is 6. The molecular weight excluding hydrogens is 709 g/mol. The SMILES string of the molecule is CCCCC1(CCCC)CN(c2ccccc2)c2cc(SC)c(OCC(=O)N[C@@H](C(=O)N[C@H](C(=O)O)[C@H](C)O)c3ccc(O)cc3)cc2S(=O)(=O)N1. The summed E-state index contributed by atoms with van der Waals surface area (Å²) in [5, 5.41) is 33.9. The number of carboxylic acid groups (broad SMARTS) is 1. The summed E-state index contributed by atoms with van der Waals surface area (Å²) in [4.78, 5) is 40.9. The molecule has 15 heteroatoms. The Labute approximate surface area is 309 Å². The Bertz CT molecular complexity index is 1800. The number of carbonyl (C=O) groups is 3. The van der Waals surface area contributed by atoms with Crippen molar-refractivity contribution in [2.24, 2.45) is 0 Å². The Morgan fingerprint density at radius 2 is 1.63 bits per heavy atom. The molecule has 3 atom stereocenters. The average Bonchev–Trinajstić information content (AvgIpc) is 3.21. The Balaban J connectivity index is 1.69. The molecule has 1 aliphatic rings. The van der Waals surface area contributed by atoms with Gasteiger partial charge in [0.1, 0.15) is 22.4 Å². The molecule has 0 aromatic heterocycles. The Morgan fingerprint density at radius 3 is 2.19 bits per heavy atom. The van der Waals surface area contributed by atoms with Crippen LogP contribution in [0.15, 0.2) is 76.5 Å². The summed E-state index contributed by atoms with van der Waals surface area (Å²) in [7, 11) is -4.09. The number of anilines is 2. The van der Waals surface area contributed by atoms with E-state index >= 15 is 0 Å². The highest BCUT2D eigenvalue weighted by molar-refractivity contribution is 7.98. The number of ether oxygens (including phenoxy) is 1. The maximum atomic E-state index is 14.3. The molecule has 0 radical (unpaired) electrons. The van der Waals surface area contributed by atoms with Gasteiger partial charge in [-0.25, -0.2) is 17.9 Å². The maximum absolute atomic E-state index is 14.3. The van der Waals surface area contributed by atoms with Gasteiger partial charge < -0.3 is 35.6 Å². The Hall–Kier alpha value is -4.31. The van der Waals surface area contributed by atoms with Crippen LogP contribution in [0.4, 0.5) is 11.4 Å². The van der Waals surface area contributed by atoms with E-state index in [1.165, 1.54) is 49.0 Å². The number of aliphatic hydroxyl groups excluding tert-OH is 1. The molecule has 4 rings (SSSR count). The number of aliphatic carboxylic acids is 1. The van der Waals surface area contributed by atoms with E-state index in [0.717, 1.165) is 31.4 Å². The number of amides is 2. The molecule has 282 valence electrons. The quantitative estimate of drug-likeness (QED) is 0.103. The molecule has 3 aromatic rings. The second-order valence-corrected chi connectivity index (χ2v) is 15.4. The first-order valence-electron chi connectivity index (χ1n) is 17.2. The highest BCUT2D eigenvalue weighted by atomic mass is 32.2. The number of hydrogen-bond acceptors (Lipinski definition) is 10. The van der Waals surface area contributed by atoms with E-state index in [9.17, 15) is 38.1 Å². The van der Waals surface area contributed by atoms with Crippen molar-refractivity contribution in [2.45, 2.75) is 92.8 Å². The molecule has 1 heterocycles. The van der Waals surface area contributed by atoms with E-state index in [4.69, 9.17) is 4.74 Å². The van der Waals surface area contributed by atoms with Crippen LogP contribution in [0.2, 0.25) is 0 Å². The van der Waals surface area contributed by atoms with E-state index in [1.807, 2.05) is 41.5 Å². The van der Waals surface area contributed by atoms with Crippen molar-refractivity contribution in [3.05, 3.63) is 72.3 Å². The van der Waals surface area contributed by atoms with E-state index < -0.39 is 58.1 Å². The van der Waals surface area contributed by atoms with Crippen LogP contribution in [0, 0.1) is 0 Å². The van der Waals surface area contributed by atoms with Gasteiger partial charge in [-0.05, 0) is 61.9 Å². The highest BCUT2D eigenvalue weighted by Gasteiger charge is 2.42. The molecule has 3 aromatic carbocycles. The summed E-state index contributed by atoms with van der Waals surface area (Å²) in [5.41, 5.74) is 0.794. The number of unbranched alkanes of at least 4 members (excludes halogenated alkanes) is 2. The fourth-order valence-corrected chi connectivity index (χ4v) is 8.39. The fourth-order valence-electron chi connectivity index (χ4n) is 6.18. The normalized spacial score (nSPS) is 16.4. The van der Waals surface area contributed by atoms with Crippen molar-refractivity contribution in [2.75, 3.05) is 24.3 Å². The number of benzene rings is 3. The van der Waals surface area contributed by atoms with Crippen LogP contribution in [-0.2, 0) is 24.4 Å². The zero-order chi connectivity index (χ0) is 38.1. The topological polar surface area (TPSA) is 195 Å². The number of thioether (sulfide) groups is 1. The van der Waals surface area contributed by atoms with Crippen molar-refractivity contribution < 1.29 is 42.9 Å². The highest BCUT2D eigenvalue weighted by Crippen LogP contribution is 2.44. The van der Waals surface area contributed by atoms with Crippen LogP contribution < -0.4 is 25.0 Å². The minimum absolute atomic E-state index is 0.00128. The second-order valence-electron chi connectivity index (χ2n) is 12.9. The van der Waals surface area contributed by atoms with Crippen LogP contribution in [0.3, 0.4) is 0 Å². The third kappa shape index (κ3) is 9.97. The number of phenols is 1.